The number of hydrogen-bond acceptors (Lipinski definition) is 3. The number of piperidine rings is 1. The van der Waals surface area contributed by atoms with Crippen molar-refractivity contribution < 1.29 is 9.18 Å². The molecule has 0 spiro atoms. The fourth-order valence-electron chi connectivity index (χ4n) is 2.68. The number of rotatable bonds is 6. The third-order valence-corrected chi connectivity index (χ3v) is 4.28. The van der Waals surface area contributed by atoms with E-state index >= 15 is 0 Å². The highest BCUT2D eigenvalue weighted by Crippen LogP contribution is 2.22. The number of nitrogens with one attached hydrogen (secondary N) is 2. The topological polar surface area (TPSA) is 44.4 Å². The maximum Gasteiger partial charge on any atom is 0.238 e. The van der Waals surface area contributed by atoms with Crippen LogP contribution in [0.4, 0.5) is 10.1 Å². The third kappa shape index (κ3) is 5.23. The van der Waals surface area contributed by atoms with Crippen molar-refractivity contribution in [1.29, 1.82) is 0 Å². The van der Waals surface area contributed by atoms with Crippen LogP contribution in [0.5, 0.6) is 0 Å². The Morgan fingerprint density at radius 2 is 2.14 bits per heavy atom. The average Bonchev–Trinajstić information content (AvgIpc) is 2.49. The molecule has 1 aromatic rings. The van der Waals surface area contributed by atoms with E-state index < -0.39 is 5.82 Å². The largest absolute Gasteiger partial charge is 0.324 e. The van der Waals surface area contributed by atoms with Gasteiger partial charge in [-0.25, -0.2) is 4.39 Å². The van der Waals surface area contributed by atoms with Crippen molar-refractivity contribution in [2.24, 2.45) is 5.92 Å². The van der Waals surface area contributed by atoms with Crippen molar-refractivity contribution in [3.05, 3.63) is 29.0 Å². The molecule has 0 aromatic heterocycles. The number of halogens is 2. The Kier molecular flexibility index (Phi) is 6.61. The first-order valence-corrected chi connectivity index (χ1v) is 8.14. The predicted octanol–water partition coefficient (Wildman–Crippen LogP) is 2.74. The van der Waals surface area contributed by atoms with Crippen LogP contribution in [0, 0.1) is 11.7 Å². The maximum absolute atomic E-state index is 13.0. The van der Waals surface area contributed by atoms with Crippen molar-refractivity contribution in [2.75, 3.05) is 38.0 Å². The van der Waals surface area contributed by atoms with Crippen molar-refractivity contribution in [2.45, 2.75) is 19.8 Å². The smallest absolute Gasteiger partial charge is 0.238 e. The molecule has 1 saturated heterocycles. The number of carbonyl (C=O) groups excluding carboxylic acids is 1. The van der Waals surface area contributed by atoms with Crippen LogP contribution in [0.1, 0.15) is 19.8 Å². The molecule has 1 aliphatic rings. The van der Waals surface area contributed by atoms with Crippen molar-refractivity contribution in [3.8, 4) is 0 Å². The number of benzene rings is 1. The van der Waals surface area contributed by atoms with Crippen LogP contribution in [0.3, 0.4) is 0 Å². The SMILES string of the molecule is CCNCC1CCN(CC(=O)Nc2ccc(F)cc2Cl)CC1. The first kappa shape index (κ1) is 17.2. The van der Waals surface area contributed by atoms with Gasteiger partial charge < -0.3 is 10.6 Å². The number of amides is 1. The standard InChI is InChI=1S/C16H23ClFN3O/c1-2-19-10-12-5-7-21(8-6-12)11-16(22)20-15-4-3-13(18)9-14(15)17/h3-4,9,12,19H,2,5-8,10-11H2,1H3,(H,20,22). The van der Waals surface area contributed by atoms with E-state index in [1.165, 1.54) is 18.2 Å². The quantitative estimate of drug-likeness (QED) is 0.844. The molecule has 1 aliphatic heterocycles. The van der Waals surface area contributed by atoms with E-state index in [9.17, 15) is 9.18 Å². The fourth-order valence-corrected chi connectivity index (χ4v) is 2.90. The van der Waals surface area contributed by atoms with E-state index in [1.807, 2.05) is 0 Å². The molecule has 1 amide bonds. The maximum atomic E-state index is 13.0. The number of nitrogens with zero attached hydrogens (tertiary/aromatic N) is 1. The van der Waals surface area contributed by atoms with Gasteiger partial charge in [-0.05, 0) is 63.1 Å². The Labute approximate surface area is 136 Å². The van der Waals surface area contributed by atoms with Crippen LogP contribution in [0.25, 0.3) is 0 Å². The molecule has 1 aromatic carbocycles. The van der Waals surface area contributed by atoms with Gasteiger partial charge in [0, 0.05) is 0 Å². The molecule has 2 rings (SSSR count). The van der Waals surface area contributed by atoms with E-state index in [2.05, 4.69) is 22.5 Å². The van der Waals surface area contributed by atoms with Gasteiger partial charge in [-0.15, -0.1) is 0 Å². The Morgan fingerprint density at radius 1 is 1.41 bits per heavy atom. The van der Waals surface area contributed by atoms with Gasteiger partial charge in [0.25, 0.3) is 0 Å². The second-order valence-corrected chi connectivity index (χ2v) is 6.11. The highest BCUT2D eigenvalue weighted by molar-refractivity contribution is 6.33. The summed E-state index contributed by atoms with van der Waals surface area (Å²) in [5.41, 5.74) is 0.454. The molecule has 122 valence electrons. The summed E-state index contributed by atoms with van der Waals surface area (Å²) in [6.07, 6.45) is 2.22. The summed E-state index contributed by atoms with van der Waals surface area (Å²) in [7, 11) is 0. The molecule has 0 atom stereocenters. The summed E-state index contributed by atoms with van der Waals surface area (Å²) in [5.74, 6) is 0.176. The Hall–Kier alpha value is -1.17. The Balaban J connectivity index is 1.76. The molecule has 0 unspecified atom stereocenters. The summed E-state index contributed by atoms with van der Waals surface area (Å²) in [5, 5.41) is 6.33. The van der Waals surface area contributed by atoms with Gasteiger partial charge in [-0.1, -0.05) is 18.5 Å². The minimum Gasteiger partial charge on any atom is -0.324 e. The summed E-state index contributed by atoms with van der Waals surface area (Å²) in [6, 6.07) is 3.97. The van der Waals surface area contributed by atoms with Crippen LogP contribution in [-0.2, 0) is 4.79 Å². The first-order valence-electron chi connectivity index (χ1n) is 7.76. The molecule has 0 aliphatic carbocycles. The van der Waals surface area contributed by atoms with E-state index in [0.717, 1.165) is 39.0 Å². The predicted molar refractivity (Wildman–Crippen MR) is 87.7 cm³/mol. The van der Waals surface area contributed by atoms with E-state index in [0.29, 0.717) is 18.2 Å². The lowest BCUT2D eigenvalue weighted by Gasteiger charge is -2.31. The summed E-state index contributed by atoms with van der Waals surface area (Å²) in [6.45, 7) is 6.38. The number of likely N-dealkylation sites (tertiary alicyclic amines) is 1. The Morgan fingerprint density at radius 3 is 2.77 bits per heavy atom. The highest BCUT2D eigenvalue weighted by atomic mass is 35.5. The monoisotopic (exact) mass is 327 g/mol. The van der Waals surface area contributed by atoms with Crippen LogP contribution < -0.4 is 10.6 Å². The highest BCUT2D eigenvalue weighted by Gasteiger charge is 2.20. The molecule has 4 nitrogen and oxygen atoms in total. The van der Waals surface area contributed by atoms with E-state index in [1.54, 1.807) is 0 Å². The molecule has 1 heterocycles. The van der Waals surface area contributed by atoms with Gasteiger partial charge in [0.1, 0.15) is 5.82 Å². The van der Waals surface area contributed by atoms with Crippen LogP contribution in [0.15, 0.2) is 18.2 Å². The summed E-state index contributed by atoms with van der Waals surface area (Å²) >= 11 is 5.91. The minimum absolute atomic E-state index is 0.112. The van der Waals surface area contributed by atoms with Gasteiger partial charge in [-0.3, -0.25) is 9.69 Å². The van der Waals surface area contributed by atoms with Crippen LogP contribution in [-0.4, -0.2) is 43.5 Å². The molecule has 0 bridgehead atoms. The van der Waals surface area contributed by atoms with Crippen LogP contribution >= 0.6 is 11.6 Å². The zero-order valence-corrected chi connectivity index (χ0v) is 13.6. The van der Waals surface area contributed by atoms with Crippen molar-refractivity contribution >= 4 is 23.2 Å². The Bertz CT molecular complexity index is 504. The summed E-state index contributed by atoms with van der Waals surface area (Å²) in [4.78, 5) is 14.2. The lowest BCUT2D eigenvalue weighted by atomic mass is 9.97. The third-order valence-electron chi connectivity index (χ3n) is 3.96. The van der Waals surface area contributed by atoms with Crippen LogP contribution in [0.2, 0.25) is 5.02 Å². The van der Waals surface area contributed by atoms with E-state index in [4.69, 9.17) is 11.6 Å². The lowest BCUT2D eigenvalue weighted by molar-refractivity contribution is -0.117. The van der Waals surface area contributed by atoms with Gasteiger partial charge in [0.2, 0.25) is 5.91 Å². The van der Waals surface area contributed by atoms with E-state index in [-0.39, 0.29) is 10.9 Å². The van der Waals surface area contributed by atoms with Gasteiger partial charge in [0.05, 0.1) is 17.3 Å². The molecule has 22 heavy (non-hydrogen) atoms. The molecular formula is C16H23ClFN3O. The zero-order valence-electron chi connectivity index (χ0n) is 12.9. The van der Waals surface area contributed by atoms with Gasteiger partial charge in [0.15, 0.2) is 0 Å². The molecule has 2 N–H and O–H groups in total. The second-order valence-electron chi connectivity index (χ2n) is 5.70. The molecule has 6 heteroatoms. The first-order chi connectivity index (χ1) is 10.6. The molecular weight excluding hydrogens is 305 g/mol. The fraction of sp³-hybridized carbons (Fsp3) is 0.562. The van der Waals surface area contributed by atoms with Gasteiger partial charge in [-0.2, -0.15) is 0 Å². The molecule has 0 saturated carbocycles. The number of anilines is 1. The molecule has 1 fully saturated rings. The minimum atomic E-state index is -0.411. The van der Waals surface area contributed by atoms with Crippen molar-refractivity contribution in [3.63, 3.8) is 0 Å². The number of hydrogen-bond donors (Lipinski definition) is 2. The lowest BCUT2D eigenvalue weighted by Crippen LogP contribution is -2.41. The average molecular weight is 328 g/mol. The number of carbonyl (C=O) groups is 1. The normalized spacial score (nSPS) is 16.7. The van der Waals surface area contributed by atoms with Crippen molar-refractivity contribution in [1.82, 2.24) is 10.2 Å². The second kappa shape index (κ2) is 8.46. The zero-order chi connectivity index (χ0) is 15.9. The molecule has 0 radical (unpaired) electrons. The summed E-state index contributed by atoms with van der Waals surface area (Å²) < 4.78 is 13.0. The van der Waals surface area contributed by atoms with Gasteiger partial charge >= 0.3 is 0 Å².